The third-order valence-electron chi connectivity index (χ3n) is 5.12. The molecule has 9 heteroatoms. The standard InChI is InChI=1S/C26H21ClN2O3S3/c27-20-10-8-18(9-11-20)16-35(31,32)17-21(30)15-34-26-23(14-28)22(19-5-2-1-3-6-19)13-24(29-26)25-7-4-12-33-25/h1-13,21,30H,15-17H2/t21-/m1/s1. The summed E-state index contributed by atoms with van der Waals surface area (Å²) >= 11 is 8.60. The van der Waals surface area contributed by atoms with Gasteiger partial charge in [0, 0.05) is 16.3 Å². The van der Waals surface area contributed by atoms with Gasteiger partial charge in [0.25, 0.3) is 0 Å². The SMILES string of the molecule is N#Cc1c(-c2ccccc2)cc(-c2cccs2)nc1SC[C@@H](O)CS(=O)(=O)Cc1ccc(Cl)cc1. The fraction of sp³-hybridized carbons (Fsp3) is 0.154. The third kappa shape index (κ3) is 6.72. The van der Waals surface area contributed by atoms with Crippen LogP contribution in [0.15, 0.2) is 83.2 Å². The van der Waals surface area contributed by atoms with E-state index >= 15 is 0 Å². The van der Waals surface area contributed by atoms with Gasteiger partial charge in [0.2, 0.25) is 0 Å². The molecule has 0 radical (unpaired) electrons. The topological polar surface area (TPSA) is 91.0 Å². The maximum absolute atomic E-state index is 12.6. The molecule has 2 aromatic carbocycles. The number of pyridine rings is 1. The number of aromatic nitrogens is 1. The average Bonchev–Trinajstić information content (AvgIpc) is 3.39. The van der Waals surface area contributed by atoms with Crippen molar-refractivity contribution in [2.45, 2.75) is 16.9 Å². The van der Waals surface area contributed by atoms with Crippen LogP contribution in [-0.4, -0.2) is 36.1 Å². The van der Waals surface area contributed by atoms with Crippen molar-refractivity contribution in [1.82, 2.24) is 4.98 Å². The lowest BCUT2D eigenvalue weighted by Crippen LogP contribution is -2.24. The van der Waals surface area contributed by atoms with E-state index in [2.05, 4.69) is 6.07 Å². The summed E-state index contributed by atoms with van der Waals surface area (Å²) in [5, 5.41) is 23.4. The van der Waals surface area contributed by atoms with Gasteiger partial charge in [-0.3, -0.25) is 0 Å². The maximum atomic E-state index is 12.6. The van der Waals surface area contributed by atoms with Crippen LogP contribution in [0.4, 0.5) is 0 Å². The Morgan fingerprint density at radius 3 is 2.49 bits per heavy atom. The number of aliphatic hydroxyl groups excluding tert-OH is 1. The molecule has 0 saturated heterocycles. The van der Waals surface area contributed by atoms with Crippen molar-refractivity contribution in [3.05, 3.63) is 94.3 Å². The van der Waals surface area contributed by atoms with E-state index in [1.54, 1.807) is 35.6 Å². The van der Waals surface area contributed by atoms with E-state index in [1.165, 1.54) is 11.8 Å². The smallest absolute Gasteiger partial charge is 0.157 e. The van der Waals surface area contributed by atoms with Crippen molar-refractivity contribution in [2.24, 2.45) is 0 Å². The van der Waals surface area contributed by atoms with Gasteiger partial charge in [-0.25, -0.2) is 13.4 Å². The normalized spacial score (nSPS) is 12.3. The molecule has 4 aromatic rings. The number of hydrogen-bond donors (Lipinski definition) is 1. The van der Waals surface area contributed by atoms with Crippen molar-refractivity contribution in [2.75, 3.05) is 11.5 Å². The van der Waals surface area contributed by atoms with Gasteiger partial charge < -0.3 is 5.11 Å². The van der Waals surface area contributed by atoms with Gasteiger partial charge in [-0.05, 0) is 40.8 Å². The molecule has 0 amide bonds. The van der Waals surface area contributed by atoms with Crippen molar-refractivity contribution >= 4 is 44.5 Å². The highest BCUT2D eigenvalue weighted by Crippen LogP contribution is 2.35. The second-order valence-electron chi connectivity index (χ2n) is 7.84. The van der Waals surface area contributed by atoms with Crippen LogP contribution >= 0.6 is 34.7 Å². The number of hydrogen-bond acceptors (Lipinski definition) is 7. The first-order valence-electron chi connectivity index (χ1n) is 10.6. The quantitative estimate of drug-likeness (QED) is 0.259. The predicted octanol–water partition coefficient (Wildman–Crippen LogP) is 6.07. The van der Waals surface area contributed by atoms with E-state index in [4.69, 9.17) is 16.6 Å². The molecule has 2 aromatic heterocycles. The first-order chi connectivity index (χ1) is 16.8. The monoisotopic (exact) mass is 540 g/mol. The minimum atomic E-state index is -3.55. The highest BCUT2D eigenvalue weighted by atomic mass is 35.5. The van der Waals surface area contributed by atoms with Crippen molar-refractivity contribution in [1.29, 1.82) is 5.26 Å². The molecule has 0 bridgehead atoms. The highest BCUT2D eigenvalue weighted by Gasteiger charge is 2.21. The molecule has 0 spiro atoms. The Bertz CT molecular complexity index is 1430. The van der Waals surface area contributed by atoms with E-state index in [0.29, 0.717) is 21.2 Å². The fourth-order valence-corrected chi connectivity index (χ4v) is 6.95. The van der Waals surface area contributed by atoms with Crippen LogP contribution in [0.25, 0.3) is 21.7 Å². The summed E-state index contributed by atoms with van der Waals surface area (Å²) in [7, 11) is -3.55. The van der Waals surface area contributed by atoms with Gasteiger partial charge >= 0.3 is 0 Å². The summed E-state index contributed by atoms with van der Waals surface area (Å²) in [5.41, 5.74) is 3.37. The Morgan fingerprint density at radius 2 is 1.83 bits per heavy atom. The van der Waals surface area contributed by atoms with Crippen LogP contribution < -0.4 is 0 Å². The minimum Gasteiger partial charge on any atom is -0.391 e. The molecule has 1 atom stereocenters. The summed E-state index contributed by atoms with van der Waals surface area (Å²) < 4.78 is 25.2. The van der Waals surface area contributed by atoms with Crippen LogP contribution in [0, 0.1) is 11.3 Å². The fourth-order valence-electron chi connectivity index (χ4n) is 3.54. The lowest BCUT2D eigenvalue weighted by atomic mass is 10.0. The molecule has 0 aliphatic carbocycles. The van der Waals surface area contributed by atoms with Crippen LogP contribution in [0.5, 0.6) is 0 Å². The molecule has 0 unspecified atom stereocenters. The largest absolute Gasteiger partial charge is 0.391 e. The summed E-state index contributed by atoms with van der Waals surface area (Å²) in [4.78, 5) is 5.65. The first-order valence-corrected chi connectivity index (χ1v) is 14.7. The summed E-state index contributed by atoms with van der Waals surface area (Å²) in [6.07, 6.45) is -1.11. The van der Waals surface area contributed by atoms with Crippen LogP contribution in [-0.2, 0) is 15.6 Å². The number of benzene rings is 2. The van der Waals surface area contributed by atoms with Gasteiger partial charge in [0.05, 0.1) is 33.7 Å². The zero-order valence-electron chi connectivity index (χ0n) is 18.5. The van der Waals surface area contributed by atoms with Crippen LogP contribution in [0.1, 0.15) is 11.1 Å². The Morgan fingerprint density at radius 1 is 1.09 bits per heavy atom. The highest BCUT2D eigenvalue weighted by molar-refractivity contribution is 7.99. The number of thiophene rings is 1. The van der Waals surface area contributed by atoms with Gasteiger partial charge in [-0.2, -0.15) is 5.26 Å². The molecule has 0 aliphatic heterocycles. The molecule has 5 nitrogen and oxygen atoms in total. The molecule has 4 rings (SSSR count). The zero-order valence-corrected chi connectivity index (χ0v) is 21.7. The molecule has 0 fully saturated rings. The van der Waals surface area contributed by atoms with E-state index in [9.17, 15) is 18.8 Å². The van der Waals surface area contributed by atoms with Crippen molar-refractivity contribution in [3.8, 4) is 27.8 Å². The minimum absolute atomic E-state index is 0.0870. The molecule has 2 heterocycles. The average molecular weight is 541 g/mol. The molecule has 0 aliphatic rings. The number of sulfone groups is 1. The van der Waals surface area contributed by atoms with E-state index < -0.39 is 15.9 Å². The molecule has 0 saturated carbocycles. The summed E-state index contributed by atoms with van der Waals surface area (Å²) in [6.45, 7) is 0. The first kappa shape index (κ1) is 25.4. The number of nitrogens with zero attached hydrogens (tertiary/aromatic N) is 2. The zero-order chi connectivity index (χ0) is 24.8. The second kappa shape index (κ2) is 11.4. The molecule has 1 N–H and O–H groups in total. The van der Waals surface area contributed by atoms with Crippen molar-refractivity contribution in [3.63, 3.8) is 0 Å². The molecule has 178 valence electrons. The lowest BCUT2D eigenvalue weighted by molar-refractivity contribution is 0.222. The van der Waals surface area contributed by atoms with Crippen molar-refractivity contribution < 1.29 is 13.5 Å². The number of aliphatic hydroxyl groups is 1. The van der Waals surface area contributed by atoms with E-state index in [-0.39, 0.29) is 17.3 Å². The van der Waals surface area contributed by atoms with E-state index in [0.717, 1.165) is 21.7 Å². The van der Waals surface area contributed by atoms with Gasteiger partial charge in [0.15, 0.2) is 9.84 Å². The summed E-state index contributed by atoms with van der Waals surface area (Å²) in [6, 6.07) is 24.2. The predicted molar refractivity (Wildman–Crippen MR) is 143 cm³/mol. The summed E-state index contributed by atoms with van der Waals surface area (Å²) in [5.74, 6) is -0.482. The molecular weight excluding hydrogens is 520 g/mol. The third-order valence-corrected chi connectivity index (χ3v) is 9.05. The van der Waals surface area contributed by atoms with Gasteiger partial charge in [-0.1, -0.05) is 60.1 Å². The number of rotatable bonds is 9. The number of halogens is 1. The Balaban J connectivity index is 1.55. The number of nitriles is 1. The lowest BCUT2D eigenvalue weighted by Gasteiger charge is -2.14. The Kier molecular flexibility index (Phi) is 8.26. The van der Waals surface area contributed by atoms with E-state index in [1.807, 2.05) is 53.9 Å². The molecule has 35 heavy (non-hydrogen) atoms. The number of thioether (sulfide) groups is 1. The molecular formula is C26H21ClN2O3S3. The Hall–Kier alpha value is -2.67. The second-order valence-corrected chi connectivity index (χ2v) is 12.3. The Labute approximate surface area is 218 Å². The van der Waals surface area contributed by atoms with Gasteiger partial charge in [0.1, 0.15) is 11.1 Å². The van der Waals surface area contributed by atoms with Crippen LogP contribution in [0.3, 0.4) is 0 Å². The maximum Gasteiger partial charge on any atom is 0.157 e. The van der Waals surface area contributed by atoms with Gasteiger partial charge in [-0.15, -0.1) is 23.1 Å². The van der Waals surface area contributed by atoms with Crippen LogP contribution in [0.2, 0.25) is 5.02 Å².